The number of thiophene rings is 1. The molecule has 4 aromatic rings. The van der Waals surface area contributed by atoms with Crippen LogP contribution in [0.3, 0.4) is 0 Å². The molecule has 0 saturated carbocycles. The van der Waals surface area contributed by atoms with Gasteiger partial charge in [0.15, 0.2) is 0 Å². The van der Waals surface area contributed by atoms with Gasteiger partial charge < -0.3 is 4.74 Å². The first-order valence-electron chi connectivity index (χ1n) is 11.0. The van der Waals surface area contributed by atoms with Gasteiger partial charge in [0.25, 0.3) is 0 Å². The Morgan fingerprint density at radius 1 is 1.18 bits per heavy atom. The molecule has 1 aliphatic heterocycles. The Bertz CT molecular complexity index is 1370. The molecule has 33 heavy (non-hydrogen) atoms. The number of hydrogen-bond donors (Lipinski definition) is 0. The Morgan fingerprint density at radius 3 is 2.76 bits per heavy atom. The minimum atomic E-state index is -0.208. The van der Waals surface area contributed by atoms with E-state index in [2.05, 4.69) is 32.7 Å². The quantitative estimate of drug-likeness (QED) is 0.199. The van der Waals surface area contributed by atoms with Gasteiger partial charge in [0.2, 0.25) is 0 Å². The molecule has 0 aliphatic carbocycles. The lowest BCUT2D eigenvalue weighted by Crippen LogP contribution is -2.33. The fourth-order valence-electron chi connectivity index (χ4n) is 4.30. The van der Waals surface area contributed by atoms with E-state index in [0.29, 0.717) is 28.3 Å². The molecule has 0 fully saturated rings. The summed E-state index contributed by atoms with van der Waals surface area (Å²) >= 11 is 15.8. The summed E-state index contributed by atoms with van der Waals surface area (Å²) in [5.41, 5.74) is 5.56. The summed E-state index contributed by atoms with van der Waals surface area (Å²) in [7, 11) is 0. The van der Waals surface area contributed by atoms with Crippen molar-refractivity contribution in [1.82, 2.24) is 15.0 Å². The highest BCUT2D eigenvalue weighted by Crippen LogP contribution is 2.43. The maximum absolute atomic E-state index is 6.39. The number of aromatic nitrogens is 3. The van der Waals surface area contributed by atoms with Crippen molar-refractivity contribution in [2.45, 2.75) is 63.5 Å². The van der Waals surface area contributed by atoms with E-state index in [1.165, 1.54) is 16.5 Å². The molecule has 0 bridgehead atoms. The number of pyridine rings is 1. The zero-order valence-electron chi connectivity index (χ0n) is 19.0. The van der Waals surface area contributed by atoms with Gasteiger partial charge in [0.1, 0.15) is 16.2 Å². The van der Waals surface area contributed by atoms with Gasteiger partial charge in [-0.2, -0.15) is 0 Å². The molecule has 1 aliphatic rings. The Labute approximate surface area is 212 Å². The zero-order chi connectivity index (χ0) is 23.3. The van der Waals surface area contributed by atoms with Crippen molar-refractivity contribution in [3.63, 3.8) is 0 Å². The molecule has 172 valence electrons. The van der Waals surface area contributed by atoms with E-state index in [1.807, 2.05) is 12.1 Å². The van der Waals surface area contributed by atoms with Crippen molar-refractivity contribution in [2.24, 2.45) is 5.92 Å². The molecule has 4 heterocycles. The molecule has 0 radical (unpaired) electrons. The van der Waals surface area contributed by atoms with Crippen LogP contribution >= 0.6 is 46.3 Å². The van der Waals surface area contributed by atoms with E-state index < -0.39 is 0 Å². The second kappa shape index (κ2) is 8.97. The predicted octanol–water partition coefficient (Wildman–Crippen LogP) is 7.89. The molecule has 0 spiro atoms. The number of fused-ring (bicyclic) bond motifs is 5. The Balaban J connectivity index is 1.62. The standard InChI is InChI=1S/C25H25Cl2N3OS2/c1-13(2)7-19-17-10-31-25(3,4)9-16(17)20-21-22(33-23(20)30-19)24(29-12-28-21)32-11-14-5-6-15(26)8-18(14)27/h5-6,8,12-13H,7,9-11H2,1-4H3. The lowest BCUT2D eigenvalue weighted by Gasteiger charge is -2.33. The third-order valence-electron chi connectivity index (χ3n) is 5.86. The van der Waals surface area contributed by atoms with Gasteiger partial charge in [-0.05, 0) is 49.4 Å². The molecule has 0 unspecified atom stereocenters. The van der Waals surface area contributed by atoms with Crippen LogP contribution in [-0.4, -0.2) is 20.6 Å². The van der Waals surface area contributed by atoms with Crippen molar-refractivity contribution in [1.29, 1.82) is 0 Å². The minimum Gasteiger partial charge on any atom is -0.370 e. The predicted molar refractivity (Wildman–Crippen MR) is 140 cm³/mol. The maximum atomic E-state index is 6.39. The van der Waals surface area contributed by atoms with Gasteiger partial charge in [-0.3, -0.25) is 0 Å². The SMILES string of the molecule is CC(C)Cc1nc2sc3c(SCc4ccc(Cl)cc4Cl)ncnc3c2c2c1COC(C)(C)C2. The average Bonchev–Trinajstić information content (AvgIpc) is 3.11. The summed E-state index contributed by atoms with van der Waals surface area (Å²) in [6, 6.07) is 5.62. The first-order valence-corrected chi connectivity index (χ1v) is 13.6. The topological polar surface area (TPSA) is 47.9 Å². The normalized spacial score (nSPS) is 15.5. The number of hydrogen-bond acceptors (Lipinski definition) is 6. The Morgan fingerprint density at radius 2 is 2.00 bits per heavy atom. The second-order valence-electron chi connectivity index (χ2n) is 9.50. The van der Waals surface area contributed by atoms with E-state index in [1.54, 1.807) is 35.5 Å². The van der Waals surface area contributed by atoms with Crippen LogP contribution in [0.15, 0.2) is 29.6 Å². The molecule has 5 rings (SSSR count). The molecular weight excluding hydrogens is 493 g/mol. The Hall–Kier alpha value is -1.44. The average molecular weight is 519 g/mol. The van der Waals surface area contributed by atoms with E-state index >= 15 is 0 Å². The van der Waals surface area contributed by atoms with Crippen LogP contribution in [0, 0.1) is 5.92 Å². The van der Waals surface area contributed by atoms with Crippen LogP contribution in [0.2, 0.25) is 10.0 Å². The van der Waals surface area contributed by atoms with Gasteiger partial charge in [0.05, 0.1) is 22.4 Å². The lowest BCUT2D eigenvalue weighted by molar-refractivity contribution is -0.0402. The van der Waals surface area contributed by atoms with Gasteiger partial charge >= 0.3 is 0 Å². The molecule has 1 aromatic carbocycles. The summed E-state index contributed by atoms with van der Waals surface area (Å²) in [5, 5.41) is 3.44. The number of thioether (sulfide) groups is 1. The molecule has 3 aromatic heterocycles. The van der Waals surface area contributed by atoms with Gasteiger partial charge in [-0.1, -0.05) is 43.1 Å². The van der Waals surface area contributed by atoms with Gasteiger partial charge in [0, 0.05) is 38.9 Å². The summed E-state index contributed by atoms with van der Waals surface area (Å²) in [5.74, 6) is 1.24. The number of halogens is 2. The third-order valence-corrected chi connectivity index (χ3v) is 8.70. The van der Waals surface area contributed by atoms with Crippen molar-refractivity contribution in [2.75, 3.05) is 0 Å². The largest absolute Gasteiger partial charge is 0.370 e. The molecule has 0 saturated heterocycles. The first-order chi connectivity index (χ1) is 15.7. The van der Waals surface area contributed by atoms with Gasteiger partial charge in [-0.25, -0.2) is 15.0 Å². The van der Waals surface area contributed by atoms with E-state index in [0.717, 1.165) is 44.2 Å². The number of ether oxygens (including phenoxy) is 1. The highest BCUT2D eigenvalue weighted by Gasteiger charge is 2.31. The molecule has 8 heteroatoms. The highest BCUT2D eigenvalue weighted by molar-refractivity contribution is 7.98. The maximum Gasteiger partial charge on any atom is 0.126 e. The third kappa shape index (κ3) is 4.61. The van der Waals surface area contributed by atoms with E-state index in [4.69, 9.17) is 37.9 Å². The monoisotopic (exact) mass is 517 g/mol. The summed E-state index contributed by atoms with van der Waals surface area (Å²) in [6.45, 7) is 9.39. The number of benzene rings is 1. The highest BCUT2D eigenvalue weighted by atomic mass is 35.5. The van der Waals surface area contributed by atoms with Crippen LogP contribution < -0.4 is 0 Å². The van der Waals surface area contributed by atoms with Crippen molar-refractivity contribution >= 4 is 66.7 Å². The summed E-state index contributed by atoms with van der Waals surface area (Å²) in [6.07, 6.45) is 3.46. The molecule has 0 atom stereocenters. The fourth-order valence-corrected chi connectivity index (χ4v) is 7.11. The molecule has 4 nitrogen and oxygen atoms in total. The van der Waals surface area contributed by atoms with E-state index in [9.17, 15) is 0 Å². The van der Waals surface area contributed by atoms with Crippen LogP contribution in [0.1, 0.15) is 50.1 Å². The van der Waals surface area contributed by atoms with Crippen LogP contribution in [-0.2, 0) is 29.9 Å². The summed E-state index contributed by atoms with van der Waals surface area (Å²) < 4.78 is 7.27. The minimum absolute atomic E-state index is 0.208. The van der Waals surface area contributed by atoms with Crippen LogP contribution in [0.5, 0.6) is 0 Å². The molecule has 0 amide bonds. The zero-order valence-corrected chi connectivity index (χ0v) is 22.2. The van der Waals surface area contributed by atoms with Crippen LogP contribution in [0.4, 0.5) is 0 Å². The summed E-state index contributed by atoms with van der Waals surface area (Å²) in [4.78, 5) is 15.5. The second-order valence-corrected chi connectivity index (χ2v) is 12.3. The van der Waals surface area contributed by atoms with Crippen molar-refractivity contribution in [3.8, 4) is 0 Å². The van der Waals surface area contributed by atoms with Gasteiger partial charge in [-0.15, -0.1) is 23.1 Å². The Kier molecular flexibility index (Phi) is 6.34. The first kappa shape index (κ1) is 23.3. The van der Waals surface area contributed by atoms with E-state index in [-0.39, 0.29) is 5.60 Å². The van der Waals surface area contributed by atoms with Crippen LogP contribution in [0.25, 0.3) is 20.4 Å². The lowest BCUT2D eigenvalue weighted by atomic mass is 9.88. The van der Waals surface area contributed by atoms with Crippen molar-refractivity contribution < 1.29 is 4.74 Å². The number of nitrogens with zero attached hydrogens (tertiary/aromatic N) is 3. The smallest absolute Gasteiger partial charge is 0.126 e. The van der Waals surface area contributed by atoms with Crippen molar-refractivity contribution in [3.05, 3.63) is 57.0 Å². The molecule has 0 N–H and O–H groups in total. The number of rotatable bonds is 5. The molecular formula is C25H25Cl2N3OS2. The fraction of sp³-hybridized carbons (Fsp3) is 0.400.